The lowest BCUT2D eigenvalue weighted by Gasteiger charge is -2.27. The summed E-state index contributed by atoms with van der Waals surface area (Å²) in [5, 5.41) is 18.4. The third-order valence-electron chi connectivity index (χ3n) is 4.85. The Kier molecular flexibility index (Phi) is 6.48. The van der Waals surface area contributed by atoms with Crippen molar-refractivity contribution in [3.63, 3.8) is 0 Å². The number of carbonyl (C=O) groups excluding carboxylic acids is 3. The lowest BCUT2D eigenvalue weighted by Crippen LogP contribution is -2.43. The van der Waals surface area contributed by atoms with Gasteiger partial charge in [-0.25, -0.2) is 4.79 Å². The van der Waals surface area contributed by atoms with Crippen LogP contribution in [0.25, 0.3) is 17.4 Å². The van der Waals surface area contributed by atoms with Crippen molar-refractivity contribution >= 4 is 23.9 Å². The van der Waals surface area contributed by atoms with Crippen molar-refractivity contribution in [3.05, 3.63) is 64.4 Å². The Morgan fingerprint density at radius 2 is 2.03 bits per heavy atom. The highest BCUT2D eigenvalue weighted by Gasteiger charge is 2.35. The van der Waals surface area contributed by atoms with Gasteiger partial charge >= 0.3 is 5.97 Å². The molecule has 2 amide bonds. The number of methoxy groups -OCH3 is 1. The molecule has 0 fully saturated rings. The molecule has 158 valence electrons. The van der Waals surface area contributed by atoms with Gasteiger partial charge in [0, 0.05) is 24.3 Å². The first kappa shape index (κ1) is 21.7. The first-order chi connectivity index (χ1) is 14.9. The van der Waals surface area contributed by atoms with E-state index in [2.05, 4.69) is 0 Å². The fourth-order valence-corrected chi connectivity index (χ4v) is 3.21. The Morgan fingerprint density at radius 3 is 2.71 bits per heavy atom. The van der Waals surface area contributed by atoms with E-state index in [1.54, 1.807) is 36.4 Å². The third-order valence-corrected chi connectivity index (χ3v) is 4.85. The van der Waals surface area contributed by atoms with Crippen molar-refractivity contribution in [2.24, 2.45) is 0 Å². The minimum atomic E-state index is -0.671. The fourth-order valence-electron chi connectivity index (χ4n) is 3.21. The number of aliphatic hydroxyl groups is 1. The zero-order chi connectivity index (χ0) is 22.5. The van der Waals surface area contributed by atoms with Crippen LogP contribution < -0.4 is 0 Å². The number of amides is 2. The molecule has 1 N–H and O–H groups in total. The molecule has 31 heavy (non-hydrogen) atoms. The molecule has 8 heteroatoms. The van der Waals surface area contributed by atoms with Crippen LogP contribution in [0.15, 0.2) is 57.5 Å². The normalized spacial score (nSPS) is 15.4. The van der Waals surface area contributed by atoms with Gasteiger partial charge in [0.05, 0.1) is 12.7 Å². The molecule has 8 nitrogen and oxygen atoms in total. The molecule has 3 rings (SSSR count). The van der Waals surface area contributed by atoms with Crippen LogP contribution in [0.5, 0.6) is 0 Å². The molecule has 0 radical (unpaired) electrons. The van der Waals surface area contributed by atoms with Gasteiger partial charge in [0.2, 0.25) is 0 Å². The second-order valence-electron chi connectivity index (χ2n) is 6.78. The molecular formula is C23H20N2O6. The minimum Gasteiger partial charge on any atom is -0.465 e. The standard InChI is InChI=1S/C23H20N2O6/c1-14-18(21(27)25(9-4-10-26)22(28)19(14)13-24)12-17-7-8-20(31-17)15-5-3-6-16(11-15)23(29)30-2/h3,5-8,11-12,26H,4,9-10H2,1-2H3/b18-12+. The molecule has 1 aromatic carbocycles. The Balaban J connectivity index is 1.98. The van der Waals surface area contributed by atoms with Gasteiger partial charge in [-0.3, -0.25) is 14.5 Å². The maximum atomic E-state index is 12.9. The van der Waals surface area contributed by atoms with E-state index in [9.17, 15) is 19.6 Å². The second-order valence-corrected chi connectivity index (χ2v) is 6.78. The number of rotatable bonds is 6. The van der Waals surface area contributed by atoms with E-state index in [4.69, 9.17) is 14.3 Å². The van der Waals surface area contributed by atoms with Crippen molar-refractivity contribution in [2.45, 2.75) is 13.3 Å². The number of aliphatic hydroxyl groups excluding tert-OH is 1. The summed E-state index contributed by atoms with van der Waals surface area (Å²) in [4.78, 5) is 38.0. The SMILES string of the molecule is COC(=O)c1cccc(-c2ccc(/C=C3/C(=O)N(CCCO)C(=O)C(C#N)=C3C)o2)c1. The van der Waals surface area contributed by atoms with Crippen LogP contribution in [0.3, 0.4) is 0 Å². The molecule has 1 aromatic heterocycles. The van der Waals surface area contributed by atoms with E-state index in [1.165, 1.54) is 20.1 Å². The summed E-state index contributed by atoms with van der Waals surface area (Å²) in [5.41, 5.74) is 1.32. The van der Waals surface area contributed by atoms with Gasteiger partial charge in [0.1, 0.15) is 23.2 Å². The van der Waals surface area contributed by atoms with E-state index in [0.717, 1.165) is 4.90 Å². The first-order valence-electron chi connectivity index (χ1n) is 9.50. The van der Waals surface area contributed by atoms with E-state index < -0.39 is 17.8 Å². The monoisotopic (exact) mass is 420 g/mol. The molecule has 2 aromatic rings. The largest absolute Gasteiger partial charge is 0.465 e. The van der Waals surface area contributed by atoms with Crippen LogP contribution in [-0.4, -0.2) is 48.1 Å². The predicted molar refractivity (Wildman–Crippen MR) is 110 cm³/mol. The Labute approximate surface area is 178 Å². The van der Waals surface area contributed by atoms with Gasteiger partial charge in [-0.15, -0.1) is 0 Å². The first-order valence-corrected chi connectivity index (χ1v) is 9.50. The molecule has 0 saturated heterocycles. The molecule has 1 aliphatic rings. The number of esters is 1. The zero-order valence-electron chi connectivity index (χ0n) is 17.0. The quantitative estimate of drug-likeness (QED) is 0.433. The van der Waals surface area contributed by atoms with Gasteiger partial charge in [-0.1, -0.05) is 12.1 Å². The number of furan rings is 1. The number of benzene rings is 1. The van der Waals surface area contributed by atoms with Crippen LogP contribution in [0.4, 0.5) is 0 Å². The van der Waals surface area contributed by atoms with Gasteiger partial charge in [-0.2, -0.15) is 5.26 Å². The number of hydrogen-bond acceptors (Lipinski definition) is 7. The minimum absolute atomic E-state index is 0.00763. The van der Waals surface area contributed by atoms with Crippen LogP contribution in [-0.2, 0) is 14.3 Å². The second kappa shape index (κ2) is 9.24. The highest BCUT2D eigenvalue weighted by atomic mass is 16.5. The van der Waals surface area contributed by atoms with Crippen LogP contribution in [0.1, 0.15) is 29.5 Å². The molecule has 0 bridgehead atoms. The van der Waals surface area contributed by atoms with Gasteiger partial charge in [0.25, 0.3) is 11.8 Å². The molecular weight excluding hydrogens is 400 g/mol. The van der Waals surface area contributed by atoms with E-state index in [-0.39, 0.29) is 36.3 Å². The lowest BCUT2D eigenvalue weighted by molar-refractivity contribution is -0.140. The molecule has 0 spiro atoms. The van der Waals surface area contributed by atoms with E-state index in [0.29, 0.717) is 22.6 Å². The van der Waals surface area contributed by atoms with Crippen molar-refractivity contribution < 1.29 is 28.6 Å². The number of carbonyl (C=O) groups is 3. The molecule has 0 saturated carbocycles. The average Bonchev–Trinajstić information content (AvgIpc) is 3.25. The molecule has 0 aliphatic carbocycles. The highest BCUT2D eigenvalue weighted by molar-refractivity contribution is 6.19. The number of nitrogens with zero attached hydrogens (tertiary/aromatic N) is 2. The van der Waals surface area contributed by atoms with Crippen LogP contribution in [0.2, 0.25) is 0 Å². The van der Waals surface area contributed by atoms with Crippen LogP contribution >= 0.6 is 0 Å². The molecule has 1 aliphatic heterocycles. The summed E-state index contributed by atoms with van der Waals surface area (Å²) >= 11 is 0. The summed E-state index contributed by atoms with van der Waals surface area (Å²) in [7, 11) is 1.30. The lowest BCUT2D eigenvalue weighted by atomic mass is 9.94. The Bertz CT molecular complexity index is 1150. The Morgan fingerprint density at radius 1 is 1.26 bits per heavy atom. The smallest absolute Gasteiger partial charge is 0.337 e. The fraction of sp³-hybridized carbons (Fsp3) is 0.217. The van der Waals surface area contributed by atoms with Gasteiger partial charge in [-0.05, 0) is 49.3 Å². The van der Waals surface area contributed by atoms with Crippen molar-refractivity contribution in [1.29, 1.82) is 5.26 Å². The van der Waals surface area contributed by atoms with E-state index in [1.807, 2.05) is 6.07 Å². The molecule has 0 unspecified atom stereocenters. The number of nitriles is 1. The third kappa shape index (κ3) is 4.32. The Hall–Kier alpha value is -3.96. The maximum absolute atomic E-state index is 12.9. The van der Waals surface area contributed by atoms with Crippen molar-refractivity contribution in [2.75, 3.05) is 20.3 Å². The van der Waals surface area contributed by atoms with Crippen LogP contribution in [0, 0.1) is 11.3 Å². The van der Waals surface area contributed by atoms with Gasteiger partial charge in [0.15, 0.2) is 0 Å². The molecule has 0 atom stereocenters. The zero-order valence-corrected chi connectivity index (χ0v) is 17.0. The summed E-state index contributed by atoms with van der Waals surface area (Å²) in [6.07, 6.45) is 1.69. The highest BCUT2D eigenvalue weighted by Crippen LogP contribution is 2.29. The average molecular weight is 420 g/mol. The number of ether oxygens (including phenoxy) is 1. The predicted octanol–water partition coefficient (Wildman–Crippen LogP) is 2.71. The molecule has 2 heterocycles. The summed E-state index contributed by atoms with van der Waals surface area (Å²) < 4.78 is 10.5. The van der Waals surface area contributed by atoms with Crippen molar-refractivity contribution in [1.82, 2.24) is 4.90 Å². The summed E-state index contributed by atoms with van der Waals surface area (Å²) in [5.74, 6) is -0.886. The topological polar surface area (TPSA) is 121 Å². The number of hydrogen-bond donors (Lipinski definition) is 1. The van der Waals surface area contributed by atoms with Gasteiger partial charge < -0.3 is 14.3 Å². The number of imide groups is 1. The summed E-state index contributed by atoms with van der Waals surface area (Å²) in [6, 6.07) is 11.9. The van der Waals surface area contributed by atoms with Crippen molar-refractivity contribution in [3.8, 4) is 17.4 Å². The maximum Gasteiger partial charge on any atom is 0.337 e. The summed E-state index contributed by atoms with van der Waals surface area (Å²) in [6.45, 7) is 1.35. The van der Waals surface area contributed by atoms with E-state index >= 15 is 0 Å².